The molecule has 1 saturated heterocycles. The van der Waals surface area contributed by atoms with Gasteiger partial charge in [0.25, 0.3) is 0 Å². The molecule has 1 aromatic heterocycles. The first-order chi connectivity index (χ1) is 12.0. The van der Waals surface area contributed by atoms with Gasteiger partial charge in [-0.1, -0.05) is 26.0 Å². The lowest BCUT2D eigenvalue weighted by atomic mass is 9.57. The molecule has 2 aliphatic rings. The molecule has 2 heterocycles. The number of aromatic nitrogens is 1. The highest BCUT2D eigenvalue weighted by molar-refractivity contribution is 5.73. The molecule has 2 fully saturated rings. The summed E-state index contributed by atoms with van der Waals surface area (Å²) in [6, 6.07) is 7.20. The maximum atomic E-state index is 12.3. The minimum Gasteiger partial charge on any atom is -0.461 e. The number of hydrogen-bond acceptors (Lipinski definition) is 5. The normalized spacial score (nSPS) is 27.5. The molecule has 3 atom stereocenters. The van der Waals surface area contributed by atoms with E-state index in [4.69, 9.17) is 13.9 Å². The number of esters is 1. The Kier molecular flexibility index (Phi) is 3.95. The van der Waals surface area contributed by atoms with Gasteiger partial charge in [-0.05, 0) is 25.0 Å². The van der Waals surface area contributed by atoms with Crippen LogP contribution in [0, 0.1) is 11.3 Å². The van der Waals surface area contributed by atoms with Gasteiger partial charge in [-0.25, -0.2) is 4.79 Å². The number of rotatable bonds is 4. The summed E-state index contributed by atoms with van der Waals surface area (Å²) >= 11 is 0. The van der Waals surface area contributed by atoms with Crippen LogP contribution in [0.4, 0.5) is 0 Å². The SMILES string of the molecule is CC1(C)[C@@H]2OCCC[C@@H]2[C@@H]1OC(=O)CCn1c(=O)oc2ccccc21. The monoisotopic (exact) mass is 345 g/mol. The number of benzene rings is 1. The number of oxazole rings is 1. The van der Waals surface area contributed by atoms with Gasteiger partial charge in [0.05, 0.1) is 18.0 Å². The maximum absolute atomic E-state index is 12.3. The molecule has 25 heavy (non-hydrogen) atoms. The number of nitrogens with zero attached hydrogens (tertiary/aromatic N) is 1. The summed E-state index contributed by atoms with van der Waals surface area (Å²) in [5.41, 5.74) is 1.08. The Balaban J connectivity index is 1.41. The van der Waals surface area contributed by atoms with Crippen molar-refractivity contribution in [2.24, 2.45) is 11.3 Å². The van der Waals surface area contributed by atoms with Crippen LogP contribution in [0.3, 0.4) is 0 Å². The van der Waals surface area contributed by atoms with Crippen LogP contribution in [0.15, 0.2) is 33.5 Å². The Bertz CT molecular complexity index is 849. The Labute approximate surface area is 145 Å². The van der Waals surface area contributed by atoms with Crippen LogP contribution in [0.25, 0.3) is 11.1 Å². The van der Waals surface area contributed by atoms with Crippen molar-refractivity contribution in [3.8, 4) is 0 Å². The average Bonchev–Trinajstić information content (AvgIpc) is 2.93. The quantitative estimate of drug-likeness (QED) is 0.797. The molecule has 2 aromatic rings. The van der Waals surface area contributed by atoms with Crippen LogP contribution in [-0.2, 0) is 20.8 Å². The topological polar surface area (TPSA) is 70.7 Å². The smallest absolute Gasteiger partial charge is 0.419 e. The van der Waals surface area contributed by atoms with E-state index in [9.17, 15) is 9.59 Å². The van der Waals surface area contributed by atoms with E-state index in [1.54, 1.807) is 6.07 Å². The van der Waals surface area contributed by atoms with E-state index in [1.165, 1.54) is 4.57 Å². The zero-order valence-electron chi connectivity index (χ0n) is 14.6. The molecule has 1 aliphatic heterocycles. The van der Waals surface area contributed by atoms with Crippen LogP contribution in [-0.4, -0.2) is 29.4 Å². The summed E-state index contributed by atoms with van der Waals surface area (Å²) in [4.78, 5) is 24.3. The van der Waals surface area contributed by atoms with Gasteiger partial charge in [0.2, 0.25) is 0 Å². The molecule has 4 rings (SSSR count). The summed E-state index contributed by atoms with van der Waals surface area (Å²) in [6.07, 6.45) is 2.27. The number of carbonyl (C=O) groups is 1. The average molecular weight is 345 g/mol. The zero-order chi connectivity index (χ0) is 17.6. The highest BCUT2D eigenvalue weighted by Gasteiger charge is 2.60. The Hall–Kier alpha value is -2.08. The fourth-order valence-electron chi connectivity index (χ4n) is 4.34. The third-order valence-electron chi connectivity index (χ3n) is 5.60. The van der Waals surface area contributed by atoms with E-state index < -0.39 is 5.76 Å². The minimum atomic E-state index is -0.446. The van der Waals surface area contributed by atoms with Gasteiger partial charge < -0.3 is 13.9 Å². The van der Waals surface area contributed by atoms with Crippen LogP contribution in [0.1, 0.15) is 33.1 Å². The van der Waals surface area contributed by atoms with Gasteiger partial charge in [-0.15, -0.1) is 0 Å². The first-order valence-corrected chi connectivity index (χ1v) is 8.88. The van der Waals surface area contributed by atoms with E-state index >= 15 is 0 Å². The lowest BCUT2D eigenvalue weighted by Crippen LogP contribution is -2.65. The first-order valence-electron chi connectivity index (χ1n) is 8.88. The van der Waals surface area contributed by atoms with Gasteiger partial charge in [0.1, 0.15) is 6.10 Å². The summed E-state index contributed by atoms with van der Waals surface area (Å²) in [6.45, 7) is 5.23. The van der Waals surface area contributed by atoms with Crippen molar-refractivity contribution in [3.63, 3.8) is 0 Å². The molecule has 1 saturated carbocycles. The second-order valence-corrected chi connectivity index (χ2v) is 7.57. The van der Waals surface area contributed by atoms with Crippen molar-refractivity contribution in [1.82, 2.24) is 4.57 Å². The fraction of sp³-hybridized carbons (Fsp3) is 0.579. The summed E-state index contributed by atoms with van der Waals surface area (Å²) in [7, 11) is 0. The number of para-hydroxylation sites is 2. The maximum Gasteiger partial charge on any atom is 0.419 e. The van der Waals surface area contributed by atoms with Gasteiger partial charge in [-0.2, -0.15) is 0 Å². The van der Waals surface area contributed by atoms with Crippen LogP contribution < -0.4 is 5.76 Å². The van der Waals surface area contributed by atoms with Gasteiger partial charge in [0, 0.05) is 24.5 Å². The summed E-state index contributed by atoms with van der Waals surface area (Å²) in [5.74, 6) is -0.428. The predicted molar refractivity (Wildman–Crippen MR) is 91.2 cm³/mol. The molecule has 0 unspecified atom stereocenters. The molecule has 134 valence electrons. The van der Waals surface area contributed by atoms with Crippen LogP contribution in [0.5, 0.6) is 0 Å². The number of carbonyl (C=O) groups excluding carboxylic acids is 1. The van der Waals surface area contributed by atoms with Crippen molar-refractivity contribution in [2.45, 2.75) is 51.9 Å². The van der Waals surface area contributed by atoms with E-state index in [0.29, 0.717) is 17.0 Å². The van der Waals surface area contributed by atoms with Crippen molar-refractivity contribution in [2.75, 3.05) is 6.61 Å². The van der Waals surface area contributed by atoms with Crippen molar-refractivity contribution in [1.29, 1.82) is 0 Å². The molecule has 1 aliphatic carbocycles. The molecule has 0 amide bonds. The van der Waals surface area contributed by atoms with E-state index in [-0.39, 0.29) is 36.6 Å². The minimum absolute atomic E-state index is 0.108. The lowest BCUT2D eigenvalue weighted by Gasteiger charge is -2.58. The fourth-order valence-corrected chi connectivity index (χ4v) is 4.34. The van der Waals surface area contributed by atoms with E-state index in [0.717, 1.165) is 19.4 Å². The van der Waals surface area contributed by atoms with Gasteiger partial charge in [0.15, 0.2) is 5.58 Å². The molecular weight excluding hydrogens is 322 g/mol. The Morgan fingerprint density at radius 3 is 3.00 bits per heavy atom. The highest BCUT2D eigenvalue weighted by Crippen LogP contribution is 2.53. The predicted octanol–water partition coefficient (Wildman–Crippen LogP) is 2.73. The number of ether oxygens (including phenoxy) is 2. The summed E-state index contributed by atoms with van der Waals surface area (Å²) < 4.78 is 18.3. The van der Waals surface area contributed by atoms with Crippen LogP contribution >= 0.6 is 0 Å². The Morgan fingerprint density at radius 1 is 1.36 bits per heavy atom. The van der Waals surface area contributed by atoms with Crippen LogP contribution in [0.2, 0.25) is 0 Å². The first kappa shape index (κ1) is 16.4. The second kappa shape index (κ2) is 6.02. The number of fused-ring (bicyclic) bond motifs is 2. The molecular formula is C19H23NO5. The molecule has 0 bridgehead atoms. The van der Waals surface area contributed by atoms with Gasteiger partial charge >= 0.3 is 11.7 Å². The molecule has 1 aromatic carbocycles. The molecule has 0 N–H and O–H groups in total. The number of aryl methyl sites for hydroxylation is 1. The largest absolute Gasteiger partial charge is 0.461 e. The van der Waals surface area contributed by atoms with Crippen molar-refractivity contribution < 1.29 is 18.7 Å². The van der Waals surface area contributed by atoms with Crippen molar-refractivity contribution >= 4 is 17.1 Å². The lowest BCUT2D eigenvalue weighted by molar-refractivity contribution is -0.254. The zero-order valence-corrected chi connectivity index (χ0v) is 14.6. The van der Waals surface area contributed by atoms with E-state index in [1.807, 2.05) is 18.2 Å². The van der Waals surface area contributed by atoms with Crippen molar-refractivity contribution in [3.05, 3.63) is 34.8 Å². The Morgan fingerprint density at radius 2 is 2.16 bits per heavy atom. The highest BCUT2D eigenvalue weighted by atomic mass is 16.6. The number of hydrogen-bond donors (Lipinski definition) is 0. The van der Waals surface area contributed by atoms with E-state index in [2.05, 4.69) is 13.8 Å². The standard InChI is InChI=1S/C19H23NO5/c1-19(2)16-12(6-5-11-23-16)17(19)25-15(21)9-10-20-13-7-3-4-8-14(13)24-18(20)22/h3-4,7-8,12,16-17H,5-6,9-11H2,1-2H3/t12-,16+,17-/m0/s1. The molecule has 0 radical (unpaired) electrons. The third-order valence-corrected chi connectivity index (χ3v) is 5.60. The second-order valence-electron chi connectivity index (χ2n) is 7.57. The molecule has 6 nitrogen and oxygen atoms in total. The summed E-state index contributed by atoms with van der Waals surface area (Å²) in [5, 5.41) is 0. The van der Waals surface area contributed by atoms with Gasteiger partial charge in [-0.3, -0.25) is 9.36 Å². The molecule has 6 heteroatoms. The molecule has 0 spiro atoms. The third kappa shape index (κ3) is 2.68.